The van der Waals surface area contributed by atoms with Gasteiger partial charge in [0.05, 0.1) is 10.7 Å². The Labute approximate surface area is 130 Å². The van der Waals surface area contributed by atoms with E-state index in [-0.39, 0.29) is 0 Å². The fourth-order valence-corrected chi connectivity index (χ4v) is 2.28. The predicted molar refractivity (Wildman–Crippen MR) is 85.1 cm³/mol. The van der Waals surface area contributed by atoms with Gasteiger partial charge in [0.2, 0.25) is 5.88 Å². The van der Waals surface area contributed by atoms with Crippen LogP contribution >= 0.6 is 11.6 Å². The maximum atomic E-state index is 6.20. The Bertz CT molecular complexity index is 653. The van der Waals surface area contributed by atoms with Gasteiger partial charge in [-0.05, 0) is 49.9 Å². The van der Waals surface area contributed by atoms with E-state index in [0.29, 0.717) is 23.5 Å². The van der Waals surface area contributed by atoms with Gasteiger partial charge < -0.3 is 10.1 Å². The molecule has 4 heteroatoms. The molecule has 1 aliphatic rings. The molecule has 0 atom stereocenters. The SMILES string of the molecule is Cc1ccc(C)c(Oc2ccc(Cl)c(CNC3CC3)n2)c1. The monoisotopic (exact) mass is 302 g/mol. The highest BCUT2D eigenvalue weighted by Gasteiger charge is 2.20. The molecule has 1 heterocycles. The summed E-state index contributed by atoms with van der Waals surface area (Å²) in [6.45, 7) is 4.76. The molecule has 0 spiro atoms. The van der Waals surface area contributed by atoms with Crippen LogP contribution in [0.1, 0.15) is 29.7 Å². The molecule has 1 aromatic carbocycles. The number of hydrogen-bond donors (Lipinski definition) is 1. The Morgan fingerprint density at radius 3 is 2.81 bits per heavy atom. The average molecular weight is 303 g/mol. The Morgan fingerprint density at radius 1 is 1.24 bits per heavy atom. The number of pyridine rings is 1. The standard InChI is InChI=1S/C17H19ClN2O/c1-11-3-4-12(2)16(9-11)21-17-8-7-14(18)15(20-17)10-19-13-5-6-13/h3-4,7-9,13,19H,5-6,10H2,1-2H3. The normalized spacial score (nSPS) is 14.2. The highest BCUT2D eigenvalue weighted by molar-refractivity contribution is 6.31. The fraction of sp³-hybridized carbons (Fsp3) is 0.353. The Kier molecular flexibility index (Phi) is 4.13. The van der Waals surface area contributed by atoms with Crippen LogP contribution in [0.4, 0.5) is 0 Å². The molecule has 1 aliphatic carbocycles. The van der Waals surface area contributed by atoms with Crippen LogP contribution in [-0.2, 0) is 6.54 Å². The summed E-state index contributed by atoms with van der Waals surface area (Å²) in [5, 5.41) is 4.10. The molecule has 0 saturated heterocycles. The van der Waals surface area contributed by atoms with Gasteiger partial charge in [-0.1, -0.05) is 23.7 Å². The van der Waals surface area contributed by atoms with Crippen molar-refractivity contribution in [1.29, 1.82) is 0 Å². The van der Waals surface area contributed by atoms with E-state index >= 15 is 0 Å². The van der Waals surface area contributed by atoms with Gasteiger partial charge in [0, 0.05) is 18.7 Å². The number of hydrogen-bond acceptors (Lipinski definition) is 3. The van der Waals surface area contributed by atoms with Crippen molar-refractivity contribution >= 4 is 11.6 Å². The molecular weight excluding hydrogens is 284 g/mol. The molecule has 2 aromatic rings. The van der Waals surface area contributed by atoms with Crippen LogP contribution < -0.4 is 10.1 Å². The summed E-state index contributed by atoms with van der Waals surface area (Å²) in [4.78, 5) is 4.52. The van der Waals surface area contributed by atoms with Crippen molar-refractivity contribution in [1.82, 2.24) is 10.3 Å². The van der Waals surface area contributed by atoms with Gasteiger partial charge >= 0.3 is 0 Å². The lowest BCUT2D eigenvalue weighted by molar-refractivity contribution is 0.455. The second-order valence-electron chi connectivity index (χ2n) is 5.60. The predicted octanol–water partition coefficient (Wildman–Crippen LogP) is 4.40. The first kappa shape index (κ1) is 14.4. The minimum Gasteiger partial charge on any atom is -0.439 e. The summed E-state index contributed by atoms with van der Waals surface area (Å²) < 4.78 is 5.91. The second-order valence-corrected chi connectivity index (χ2v) is 6.01. The zero-order valence-electron chi connectivity index (χ0n) is 12.3. The van der Waals surface area contributed by atoms with Crippen LogP contribution in [0.5, 0.6) is 11.6 Å². The van der Waals surface area contributed by atoms with Gasteiger partial charge in [-0.3, -0.25) is 0 Å². The number of aromatic nitrogens is 1. The van der Waals surface area contributed by atoms with Crippen molar-refractivity contribution in [2.75, 3.05) is 0 Å². The molecule has 1 aromatic heterocycles. The van der Waals surface area contributed by atoms with Gasteiger partial charge in [0.25, 0.3) is 0 Å². The Hall–Kier alpha value is -1.58. The zero-order chi connectivity index (χ0) is 14.8. The molecule has 110 valence electrons. The fourth-order valence-electron chi connectivity index (χ4n) is 2.10. The van der Waals surface area contributed by atoms with E-state index in [1.165, 1.54) is 18.4 Å². The molecule has 3 rings (SSSR count). The summed E-state index contributed by atoms with van der Waals surface area (Å²) in [6.07, 6.45) is 2.49. The van der Waals surface area contributed by atoms with Gasteiger partial charge in [-0.2, -0.15) is 0 Å². The maximum absolute atomic E-state index is 6.20. The molecule has 1 N–H and O–H groups in total. The number of halogens is 1. The number of benzene rings is 1. The van der Waals surface area contributed by atoms with Gasteiger partial charge in [-0.25, -0.2) is 4.98 Å². The number of nitrogens with one attached hydrogen (secondary N) is 1. The largest absolute Gasteiger partial charge is 0.439 e. The summed E-state index contributed by atoms with van der Waals surface area (Å²) in [5.41, 5.74) is 3.10. The molecule has 0 bridgehead atoms. The lowest BCUT2D eigenvalue weighted by Crippen LogP contribution is -2.16. The topological polar surface area (TPSA) is 34.1 Å². The zero-order valence-corrected chi connectivity index (χ0v) is 13.1. The lowest BCUT2D eigenvalue weighted by atomic mass is 10.1. The van der Waals surface area contributed by atoms with Crippen molar-refractivity contribution in [2.45, 2.75) is 39.3 Å². The Balaban J connectivity index is 1.78. The first-order chi connectivity index (χ1) is 10.1. The van der Waals surface area contributed by atoms with E-state index in [9.17, 15) is 0 Å². The van der Waals surface area contributed by atoms with Crippen molar-refractivity contribution in [3.8, 4) is 11.6 Å². The molecule has 0 aliphatic heterocycles. The number of ether oxygens (including phenoxy) is 1. The summed E-state index contributed by atoms with van der Waals surface area (Å²) in [7, 11) is 0. The molecule has 1 saturated carbocycles. The van der Waals surface area contributed by atoms with E-state index in [1.54, 1.807) is 0 Å². The van der Waals surface area contributed by atoms with Crippen LogP contribution in [0.2, 0.25) is 5.02 Å². The summed E-state index contributed by atoms with van der Waals surface area (Å²) in [6, 6.07) is 10.4. The van der Waals surface area contributed by atoms with Crippen LogP contribution in [0, 0.1) is 13.8 Å². The third-order valence-corrected chi connectivity index (χ3v) is 3.93. The van der Waals surface area contributed by atoms with E-state index in [4.69, 9.17) is 16.3 Å². The highest BCUT2D eigenvalue weighted by Crippen LogP contribution is 2.27. The molecule has 0 radical (unpaired) electrons. The molecule has 21 heavy (non-hydrogen) atoms. The molecule has 0 amide bonds. The molecule has 0 unspecified atom stereocenters. The van der Waals surface area contributed by atoms with Crippen molar-refractivity contribution in [3.05, 3.63) is 52.2 Å². The first-order valence-electron chi connectivity index (χ1n) is 7.26. The van der Waals surface area contributed by atoms with Crippen LogP contribution in [0.25, 0.3) is 0 Å². The minimum atomic E-state index is 0.584. The van der Waals surface area contributed by atoms with E-state index in [0.717, 1.165) is 17.0 Å². The third kappa shape index (κ3) is 3.74. The van der Waals surface area contributed by atoms with E-state index in [1.807, 2.05) is 32.0 Å². The highest BCUT2D eigenvalue weighted by atomic mass is 35.5. The summed E-state index contributed by atoms with van der Waals surface area (Å²) >= 11 is 6.20. The lowest BCUT2D eigenvalue weighted by Gasteiger charge is -2.11. The number of rotatable bonds is 5. The van der Waals surface area contributed by atoms with E-state index < -0.39 is 0 Å². The van der Waals surface area contributed by atoms with Crippen LogP contribution in [-0.4, -0.2) is 11.0 Å². The van der Waals surface area contributed by atoms with Gasteiger partial charge in [0.15, 0.2) is 0 Å². The van der Waals surface area contributed by atoms with Crippen molar-refractivity contribution < 1.29 is 4.74 Å². The van der Waals surface area contributed by atoms with Gasteiger partial charge in [-0.15, -0.1) is 0 Å². The number of aryl methyl sites for hydroxylation is 2. The minimum absolute atomic E-state index is 0.584. The average Bonchev–Trinajstić information content (AvgIpc) is 3.27. The van der Waals surface area contributed by atoms with Crippen LogP contribution in [0.15, 0.2) is 30.3 Å². The summed E-state index contributed by atoms with van der Waals surface area (Å²) in [5.74, 6) is 1.42. The number of nitrogens with zero attached hydrogens (tertiary/aromatic N) is 1. The maximum Gasteiger partial charge on any atom is 0.219 e. The van der Waals surface area contributed by atoms with Crippen molar-refractivity contribution in [2.24, 2.45) is 0 Å². The second kappa shape index (κ2) is 6.04. The smallest absolute Gasteiger partial charge is 0.219 e. The third-order valence-electron chi connectivity index (χ3n) is 3.59. The molecule has 1 fully saturated rings. The first-order valence-corrected chi connectivity index (χ1v) is 7.63. The van der Waals surface area contributed by atoms with Crippen molar-refractivity contribution in [3.63, 3.8) is 0 Å². The van der Waals surface area contributed by atoms with Gasteiger partial charge in [0.1, 0.15) is 5.75 Å². The molecule has 3 nitrogen and oxygen atoms in total. The quantitative estimate of drug-likeness (QED) is 0.889. The Morgan fingerprint density at radius 2 is 2.05 bits per heavy atom. The van der Waals surface area contributed by atoms with Crippen LogP contribution in [0.3, 0.4) is 0 Å². The van der Waals surface area contributed by atoms with E-state index in [2.05, 4.69) is 22.4 Å². The molecular formula is C17H19ClN2O.